The summed E-state index contributed by atoms with van der Waals surface area (Å²) < 4.78 is 9.76. The molecule has 1 aliphatic heterocycles. The zero-order valence-corrected chi connectivity index (χ0v) is 10.8. The molecular formula is C12H17N3O4. The van der Waals surface area contributed by atoms with Gasteiger partial charge in [-0.05, 0) is 12.8 Å². The summed E-state index contributed by atoms with van der Waals surface area (Å²) in [6.07, 6.45) is 3.11. The second kappa shape index (κ2) is 8.11. The van der Waals surface area contributed by atoms with E-state index in [1.54, 1.807) is 6.07 Å². The molecule has 1 rings (SSSR count). The molecule has 2 N–H and O–H groups in total. The van der Waals surface area contributed by atoms with E-state index < -0.39 is 11.9 Å². The van der Waals surface area contributed by atoms with Gasteiger partial charge in [0.25, 0.3) is 5.91 Å². The van der Waals surface area contributed by atoms with Gasteiger partial charge in [0.1, 0.15) is 18.2 Å². The first kappa shape index (κ1) is 15.0. The average molecular weight is 267 g/mol. The SMILES string of the molecule is COC(=O)CN/C=C(/C#N)C(=O)NCC1CCCO1. The van der Waals surface area contributed by atoms with E-state index >= 15 is 0 Å². The van der Waals surface area contributed by atoms with Gasteiger partial charge >= 0.3 is 5.97 Å². The van der Waals surface area contributed by atoms with Gasteiger partial charge in [0.2, 0.25) is 0 Å². The molecule has 0 spiro atoms. The number of nitriles is 1. The Bertz CT molecular complexity index is 394. The van der Waals surface area contributed by atoms with Gasteiger partial charge in [0, 0.05) is 19.4 Å². The highest BCUT2D eigenvalue weighted by atomic mass is 16.5. The molecule has 0 aromatic carbocycles. The summed E-state index contributed by atoms with van der Waals surface area (Å²) in [5, 5.41) is 14.0. The summed E-state index contributed by atoms with van der Waals surface area (Å²) in [7, 11) is 1.26. The molecule has 1 amide bonds. The lowest BCUT2D eigenvalue weighted by Crippen LogP contribution is -2.33. The molecule has 1 saturated heterocycles. The number of methoxy groups -OCH3 is 1. The molecule has 0 radical (unpaired) electrons. The van der Waals surface area contributed by atoms with Gasteiger partial charge in [-0.15, -0.1) is 0 Å². The fraction of sp³-hybridized carbons (Fsp3) is 0.583. The third-order valence-corrected chi connectivity index (χ3v) is 2.60. The fourth-order valence-electron chi connectivity index (χ4n) is 1.56. The number of ether oxygens (including phenoxy) is 2. The first-order valence-corrected chi connectivity index (χ1v) is 5.97. The predicted octanol–water partition coefficient (Wildman–Crippen LogP) is -0.548. The molecule has 1 heterocycles. The zero-order valence-electron chi connectivity index (χ0n) is 10.8. The predicted molar refractivity (Wildman–Crippen MR) is 65.7 cm³/mol. The number of nitrogens with one attached hydrogen (secondary N) is 2. The lowest BCUT2D eigenvalue weighted by molar-refractivity contribution is -0.139. The number of carbonyl (C=O) groups excluding carboxylic acids is 2. The van der Waals surface area contributed by atoms with Crippen LogP contribution in [0.4, 0.5) is 0 Å². The Morgan fingerprint density at radius 3 is 2.95 bits per heavy atom. The van der Waals surface area contributed by atoms with Crippen molar-refractivity contribution >= 4 is 11.9 Å². The van der Waals surface area contributed by atoms with Gasteiger partial charge in [0.05, 0.1) is 13.2 Å². The summed E-state index contributed by atoms with van der Waals surface area (Å²) >= 11 is 0. The van der Waals surface area contributed by atoms with E-state index in [-0.39, 0.29) is 18.2 Å². The highest BCUT2D eigenvalue weighted by molar-refractivity contribution is 5.97. The van der Waals surface area contributed by atoms with Crippen LogP contribution in [0.5, 0.6) is 0 Å². The van der Waals surface area contributed by atoms with Gasteiger partial charge in [-0.25, -0.2) is 0 Å². The van der Waals surface area contributed by atoms with E-state index in [9.17, 15) is 9.59 Å². The van der Waals surface area contributed by atoms with Crippen molar-refractivity contribution < 1.29 is 19.1 Å². The smallest absolute Gasteiger partial charge is 0.325 e. The highest BCUT2D eigenvalue weighted by Gasteiger charge is 2.17. The van der Waals surface area contributed by atoms with Crippen molar-refractivity contribution in [3.05, 3.63) is 11.8 Å². The van der Waals surface area contributed by atoms with E-state index in [0.717, 1.165) is 12.8 Å². The second-order valence-corrected chi connectivity index (χ2v) is 3.97. The Hall–Kier alpha value is -2.07. The summed E-state index contributed by atoms with van der Waals surface area (Å²) in [6.45, 7) is 0.998. The molecule has 0 saturated carbocycles. The van der Waals surface area contributed by atoms with Crippen molar-refractivity contribution in [3.63, 3.8) is 0 Å². The third-order valence-electron chi connectivity index (χ3n) is 2.60. The van der Waals surface area contributed by atoms with Crippen molar-refractivity contribution in [2.45, 2.75) is 18.9 Å². The molecule has 1 fully saturated rings. The van der Waals surface area contributed by atoms with Crippen LogP contribution in [0.25, 0.3) is 0 Å². The summed E-state index contributed by atoms with van der Waals surface area (Å²) in [5.41, 5.74) is -0.0955. The van der Waals surface area contributed by atoms with Crippen molar-refractivity contribution in [3.8, 4) is 6.07 Å². The average Bonchev–Trinajstić information content (AvgIpc) is 2.93. The van der Waals surface area contributed by atoms with Crippen molar-refractivity contribution in [2.24, 2.45) is 0 Å². The van der Waals surface area contributed by atoms with E-state index in [2.05, 4.69) is 15.4 Å². The van der Waals surface area contributed by atoms with E-state index in [4.69, 9.17) is 10.00 Å². The van der Waals surface area contributed by atoms with Crippen LogP contribution in [0, 0.1) is 11.3 Å². The topological polar surface area (TPSA) is 100 Å². The molecule has 0 aliphatic carbocycles. The minimum atomic E-state index is -0.490. The minimum absolute atomic E-state index is 0.0203. The van der Waals surface area contributed by atoms with E-state index in [1.165, 1.54) is 13.3 Å². The third kappa shape index (κ3) is 5.40. The number of hydrogen-bond donors (Lipinski definition) is 2. The molecule has 1 unspecified atom stereocenters. The lowest BCUT2D eigenvalue weighted by Gasteiger charge is -2.10. The molecule has 7 nitrogen and oxygen atoms in total. The van der Waals surface area contributed by atoms with Crippen LogP contribution in [0.1, 0.15) is 12.8 Å². The second-order valence-electron chi connectivity index (χ2n) is 3.97. The summed E-state index contributed by atoms with van der Waals surface area (Å²) in [4.78, 5) is 22.5. The summed E-state index contributed by atoms with van der Waals surface area (Å²) in [6, 6.07) is 1.76. The van der Waals surface area contributed by atoms with E-state index in [0.29, 0.717) is 13.2 Å². The Morgan fingerprint density at radius 2 is 2.37 bits per heavy atom. The van der Waals surface area contributed by atoms with Crippen molar-refractivity contribution in [1.82, 2.24) is 10.6 Å². The first-order valence-electron chi connectivity index (χ1n) is 5.97. The molecule has 0 bridgehead atoms. The number of esters is 1. The Morgan fingerprint density at radius 1 is 1.58 bits per heavy atom. The van der Waals surface area contributed by atoms with Crippen LogP contribution in [0.2, 0.25) is 0 Å². The van der Waals surface area contributed by atoms with E-state index in [1.807, 2.05) is 0 Å². The molecular weight excluding hydrogens is 250 g/mol. The largest absolute Gasteiger partial charge is 0.468 e. The van der Waals surface area contributed by atoms with Gasteiger partial charge in [0.15, 0.2) is 0 Å². The fourth-order valence-corrected chi connectivity index (χ4v) is 1.56. The minimum Gasteiger partial charge on any atom is -0.468 e. The van der Waals surface area contributed by atoms with Gasteiger partial charge in [-0.3, -0.25) is 9.59 Å². The van der Waals surface area contributed by atoms with Crippen LogP contribution < -0.4 is 10.6 Å². The van der Waals surface area contributed by atoms with Gasteiger partial charge < -0.3 is 20.1 Å². The molecule has 7 heteroatoms. The van der Waals surface area contributed by atoms with Gasteiger partial charge in [-0.1, -0.05) is 0 Å². The van der Waals surface area contributed by atoms with Crippen molar-refractivity contribution in [2.75, 3.05) is 26.8 Å². The van der Waals surface area contributed by atoms with Crippen LogP contribution in [0.15, 0.2) is 11.8 Å². The summed E-state index contributed by atoms with van der Waals surface area (Å²) in [5.74, 6) is -0.969. The lowest BCUT2D eigenvalue weighted by atomic mass is 10.2. The zero-order chi connectivity index (χ0) is 14.1. The Kier molecular flexibility index (Phi) is 6.39. The van der Waals surface area contributed by atoms with Crippen LogP contribution in [-0.4, -0.2) is 44.8 Å². The highest BCUT2D eigenvalue weighted by Crippen LogP contribution is 2.10. The first-order chi connectivity index (χ1) is 9.17. The molecule has 0 aromatic rings. The quantitative estimate of drug-likeness (QED) is 0.380. The molecule has 1 atom stereocenters. The molecule has 1 aliphatic rings. The Labute approximate surface area is 111 Å². The molecule has 104 valence electrons. The van der Waals surface area contributed by atoms with Crippen molar-refractivity contribution in [1.29, 1.82) is 5.26 Å². The maximum absolute atomic E-state index is 11.7. The number of amides is 1. The number of rotatable bonds is 6. The standard InChI is InChI=1S/C12H17N3O4/c1-18-11(16)8-14-6-9(5-13)12(17)15-7-10-3-2-4-19-10/h6,10,14H,2-4,7-8H2,1H3,(H,15,17)/b9-6-. The van der Waals surface area contributed by atoms with Crippen LogP contribution in [-0.2, 0) is 19.1 Å². The number of nitrogens with zero attached hydrogens (tertiary/aromatic N) is 1. The monoisotopic (exact) mass is 267 g/mol. The van der Waals surface area contributed by atoms with Crippen LogP contribution >= 0.6 is 0 Å². The number of carbonyl (C=O) groups is 2. The number of hydrogen-bond acceptors (Lipinski definition) is 6. The maximum Gasteiger partial charge on any atom is 0.325 e. The molecule has 0 aromatic heterocycles. The normalized spacial score (nSPS) is 18.5. The maximum atomic E-state index is 11.7. The molecule has 19 heavy (non-hydrogen) atoms. The van der Waals surface area contributed by atoms with Crippen LogP contribution in [0.3, 0.4) is 0 Å². The van der Waals surface area contributed by atoms with Gasteiger partial charge in [-0.2, -0.15) is 5.26 Å². The Balaban J connectivity index is 2.35.